The molecular weight excluding hydrogens is 266 g/mol. The largest absolute Gasteiger partial charge is 0.290 e. The molecule has 2 fully saturated rings. The number of nitrogens with zero attached hydrogens (tertiary/aromatic N) is 1. The maximum atomic E-state index is 3.67. The van der Waals surface area contributed by atoms with Crippen molar-refractivity contribution in [1.82, 2.24) is 4.90 Å². The van der Waals surface area contributed by atoms with Gasteiger partial charge in [0.15, 0.2) is 0 Å². The first-order valence-electron chi connectivity index (χ1n) is 9.15. The number of aryl methyl sites for hydroxylation is 1. The van der Waals surface area contributed by atoms with Gasteiger partial charge in [0.1, 0.15) is 0 Å². The molecule has 0 amide bonds. The predicted molar refractivity (Wildman–Crippen MR) is 93.8 cm³/mol. The molecule has 0 spiro atoms. The fraction of sp³-hybridized carbons (Fsp3) is 0.619. The number of likely N-dealkylation sites (tertiary alicyclic amines) is 1. The van der Waals surface area contributed by atoms with Crippen LogP contribution in [0.5, 0.6) is 0 Å². The highest BCUT2D eigenvalue weighted by atomic mass is 15.2. The zero-order chi connectivity index (χ0) is 15.2. The zero-order valence-corrected chi connectivity index (χ0v) is 14.0. The van der Waals surface area contributed by atoms with Crippen LogP contribution in [0.4, 0.5) is 0 Å². The molecule has 3 rings (SSSR count). The molecule has 0 N–H and O–H groups in total. The summed E-state index contributed by atoms with van der Waals surface area (Å²) in [5, 5.41) is 0. The van der Waals surface area contributed by atoms with Crippen molar-refractivity contribution in [1.29, 1.82) is 0 Å². The molecule has 1 aromatic rings. The number of hydrogen-bond acceptors (Lipinski definition) is 1. The summed E-state index contributed by atoms with van der Waals surface area (Å²) < 4.78 is 0. The van der Waals surface area contributed by atoms with Gasteiger partial charge in [0.25, 0.3) is 0 Å². The summed E-state index contributed by atoms with van der Waals surface area (Å²) in [7, 11) is 0. The van der Waals surface area contributed by atoms with E-state index in [1.807, 2.05) is 0 Å². The Kier molecular flexibility index (Phi) is 5.57. The van der Waals surface area contributed by atoms with Gasteiger partial charge >= 0.3 is 0 Å². The topological polar surface area (TPSA) is 3.24 Å². The van der Waals surface area contributed by atoms with E-state index in [0.29, 0.717) is 6.04 Å². The van der Waals surface area contributed by atoms with Crippen molar-refractivity contribution in [3.8, 4) is 11.8 Å². The predicted octanol–water partition coefficient (Wildman–Crippen LogP) is 4.78. The molecule has 1 saturated carbocycles. The van der Waals surface area contributed by atoms with E-state index in [1.165, 1.54) is 75.6 Å². The molecule has 1 aliphatic carbocycles. The van der Waals surface area contributed by atoms with Crippen molar-refractivity contribution in [2.75, 3.05) is 13.1 Å². The Balaban J connectivity index is 1.77. The van der Waals surface area contributed by atoms with Crippen molar-refractivity contribution < 1.29 is 0 Å². The molecule has 0 radical (unpaired) electrons. The van der Waals surface area contributed by atoms with Gasteiger partial charge < -0.3 is 0 Å². The summed E-state index contributed by atoms with van der Waals surface area (Å²) in [4.78, 5) is 2.70. The molecule has 2 aliphatic rings. The van der Waals surface area contributed by atoms with Gasteiger partial charge in [0, 0.05) is 5.56 Å². The number of benzene rings is 1. The number of hydrogen-bond donors (Lipinski definition) is 0. The monoisotopic (exact) mass is 295 g/mol. The van der Waals surface area contributed by atoms with Crippen LogP contribution in [0.3, 0.4) is 0 Å². The fourth-order valence-corrected chi connectivity index (χ4v) is 3.95. The molecule has 1 aromatic carbocycles. The molecule has 1 saturated heterocycles. The Morgan fingerprint density at radius 3 is 2.18 bits per heavy atom. The molecule has 0 aromatic heterocycles. The molecule has 1 unspecified atom stereocenters. The van der Waals surface area contributed by atoms with Gasteiger partial charge in [-0.05, 0) is 63.7 Å². The highest BCUT2D eigenvalue weighted by Gasteiger charge is 2.28. The fourth-order valence-electron chi connectivity index (χ4n) is 3.95. The molecule has 1 heterocycles. The van der Waals surface area contributed by atoms with Crippen LogP contribution < -0.4 is 0 Å². The maximum Gasteiger partial charge on any atom is 0.0746 e. The Labute approximate surface area is 136 Å². The van der Waals surface area contributed by atoms with Gasteiger partial charge in [-0.1, -0.05) is 55.2 Å². The third kappa shape index (κ3) is 4.14. The van der Waals surface area contributed by atoms with E-state index in [4.69, 9.17) is 0 Å². The van der Waals surface area contributed by atoms with Gasteiger partial charge in [0.05, 0.1) is 6.04 Å². The van der Waals surface area contributed by atoms with Crippen LogP contribution in [0, 0.1) is 24.7 Å². The van der Waals surface area contributed by atoms with Crippen LogP contribution in [0.15, 0.2) is 24.3 Å². The lowest BCUT2D eigenvalue weighted by Crippen LogP contribution is -2.39. The van der Waals surface area contributed by atoms with Crippen molar-refractivity contribution in [3.63, 3.8) is 0 Å². The second-order valence-electron chi connectivity index (χ2n) is 7.07. The van der Waals surface area contributed by atoms with E-state index < -0.39 is 0 Å². The lowest BCUT2D eigenvalue weighted by Gasteiger charge is -2.31. The summed E-state index contributed by atoms with van der Waals surface area (Å²) in [6.45, 7) is 4.64. The molecule has 1 heteroatoms. The highest BCUT2D eigenvalue weighted by molar-refractivity contribution is 5.37. The van der Waals surface area contributed by atoms with E-state index in [2.05, 4.69) is 47.9 Å². The summed E-state index contributed by atoms with van der Waals surface area (Å²) in [5.41, 5.74) is 2.48. The van der Waals surface area contributed by atoms with Crippen LogP contribution in [0.25, 0.3) is 0 Å². The first-order valence-corrected chi connectivity index (χ1v) is 9.15. The van der Waals surface area contributed by atoms with Gasteiger partial charge in [-0.2, -0.15) is 0 Å². The molecule has 0 bridgehead atoms. The minimum Gasteiger partial charge on any atom is -0.290 e. The van der Waals surface area contributed by atoms with E-state index in [0.717, 1.165) is 5.92 Å². The second kappa shape index (κ2) is 7.84. The SMILES string of the molecule is Cc1ccc(C#CC(C2CCCC2)N2CCCCCC2)cc1. The third-order valence-electron chi connectivity index (χ3n) is 5.30. The third-order valence-corrected chi connectivity index (χ3v) is 5.30. The lowest BCUT2D eigenvalue weighted by atomic mass is 9.96. The van der Waals surface area contributed by atoms with E-state index in [9.17, 15) is 0 Å². The smallest absolute Gasteiger partial charge is 0.0746 e. The molecule has 1 aliphatic heterocycles. The molecule has 1 nitrogen and oxygen atoms in total. The quantitative estimate of drug-likeness (QED) is 0.710. The summed E-state index contributed by atoms with van der Waals surface area (Å²) >= 11 is 0. The summed E-state index contributed by atoms with van der Waals surface area (Å²) in [5.74, 6) is 7.95. The van der Waals surface area contributed by atoms with E-state index in [1.54, 1.807) is 0 Å². The van der Waals surface area contributed by atoms with Crippen LogP contribution >= 0.6 is 0 Å². The van der Waals surface area contributed by atoms with E-state index in [-0.39, 0.29) is 0 Å². The standard InChI is InChI=1S/C21H29N/c1-18-10-12-19(13-11-18)14-15-21(20-8-4-5-9-20)22-16-6-2-3-7-17-22/h10-13,20-21H,2-9,16-17H2,1H3. The van der Waals surface area contributed by atoms with Gasteiger partial charge in [-0.25, -0.2) is 0 Å². The normalized spacial score (nSPS) is 21.9. The van der Waals surface area contributed by atoms with Gasteiger partial charge in [-0.3, -0.25) is 4.90 Å². The first kappa shape index (κ1) is 15.6. The van der Waals surface area contributed by atoms with Crippen molar-refractivity contribution in [2.45, 2.75) is 64.3 Å². The first-order chi connectivity index (χ1) is 10.8. The van der Waals surface area contributed by atoms with Crippen LogP contribution in [-0.4, -0.2) is 24.0 Å². The van der Waals surface area contributed by atoms with Gasteiger partial charge in [0.2, 0.25) is 0 Å². The van der Waals surface area contributed by atoms with Crippen LogP contribution in [0.1, 0.15) is 62.5 Å². The zero-order valence-electron chi connectivity index (χ0n) is 14.0. The lowest BCUT2D eigenvalue weighted by molar-refractivity contribution is 0.190. The average Bonchev–Trinajstić information content (AvgIpc) is 2.92. The van der Waals surface area contributed by atoms with Gasteiger partial charge in [-0.15, -0.1) is 0 Å². The minimum absolute atomic E-state index is 0.488. The van der Waals surface area contributed by atoms with Crippen LogP contribution in [0.2, 0.25) is 0 Å². The Morgan fingerprint density at radius 2 is 1.55 bits per heavy atom. The summed E-state index contributed by atoms with van der Waals surface area (Å²) in [6.07, 6.45) is 11.1. The Bertz CT molecular complexity index is 505. The second-order valence-corrected chi connectivity index (χ2v) is 7.07. The highest BCUT2D eigenvalue weighted by Crippen LogP contribution is 2.31. The Morgan fingerprint density at radius 1 is 0.909 bits per heavy atom. The number of rotatable bonds is 2. The molecular formula is C21H29N. The molecule has 22 heavy (non-hydrogen) atoms. The van der Waals surface area contributed by atoms with Crippen molar-refractivity contribution in [2.24, 2.45) is 5.92 Å². The van der Waals surface area contributed by atoms with E-state index >= 15 is 0 Å². The molecule has 1 atom stereocenters. The minimum atomic E-state index is 0.488. The van der Waals surface area contributed by atoms with Crippen molar-refractivity contribution >= 4 is 0 Å². The maximum absolute atomic E-state index is 3.67. The summed E-state index contributed by atoms with van der Waals surface area (Å²) in [6, 6.07) is 9.15. The van der Waals surface area contributed by atoms with Crippen LogP contribution in [-0.2, 0) is 0 Å². The van der Waals surface area contributed by atoms with Crippen molar-refractivity contribution in [3.05, 3.63) is 35.4 Å². The Hall–Kier alpha value is -1.26. The average molecular weight is 295 g/mol. The molecule has 118 valence electrons.